The van der Waals surface area contributed by atoms with E-state index in [1.165, 1.54) is 0 Å². The van der Waals surface area contributed by atoms with E-state index in [-0.39, 0.29) is 63.1 Å². The fourth-order valence-electron chi connectivity index (χ4n) is 1.29. The summed E-state index contributed by atoms with van der Waals surface area (Å²) < 4.78 is 9.85. The fraction of sp³-hybridized carbons (Fsp3) is 0.833. The van der Waals surface area contributed by atoms with Gasteiger partial charge in [0.2, 0.25) is 0 Å². The minimum atomic E-state index is -0.368. The first-order valence-electron chi connectivity index (χ1n) is 6.29. The Morgan fingerprint density at radius 3 is 1.41 bits per heavy atom. The van der Waals surface area contributed by atoms with Gasteiger partial charge in [0.15, 0.2) is 0 Å². The normalized spacial score (nSPS) is 9.91. The molecule has 0 heterocycles. The number of carbonyl (C=O) groups excluding carboxylic acids is 2. The van der Waals surface area contributed by atoms with E-state index in [1.807, 2.05) is 0 Å². The zero-order chi connectivity index (χ0) is 15.4. The molecule has 0 atom stereocenters. The molecule has 0 saturated heterocycles. The van der Waals surface area contributed by atoms with Crippen molar-refractivity contribution in [3.63, 3.8) is 0 Å². The number of rotatable bonds is 11. The van der Waals surface area contributed by atoms with Gasteiger partial charge in [0, 0.05) is 24.8 Å². The highest BCUT2D eigenvalue weighted by atomic mass is 35.5. The first kappa shape index (κ1) is 26.9. The Morgan fingerprint density at radius 1 is 0.818 bits per heavy atom. The molecule has 0 spiro atoms. The minimum absolute atomic E-state index is 0. The summed E-state index contributed by atoms with van der Waals surface area (Å²) in [5.74, 6) is 0.176. The lowest BCUT2D eigenvalue weighted by Gasteiger charge is -2.15. The van der Waals surface area contributed by atoms with Crippen LogP contribution in [0.1, 0.15) is 0 Å². The lowest BCUT2D eigenvalue weighted by Crippen LogP contribution is -2.31. The topological polar surface area (TPSA) is 59.1 Å². The Labute approximate surface area is 154 Å². The van der Waals surface area contributed by atoms with Crippen LogP contribution in [0.3, 0.4) is 0 Å². The summed E-state index contributed by atoms with van der Waals surface area (Å²) in [6, 6.07) is 0. The number of ether oxygens (including phenoxy) is 2. The van der Waals surface area contributed by atoms with E-state index in [1.54, 1.807) is 23.9 Å². The molecule has 0 saturated carbocycles. The number of carbonyl (C=O) groups is 2. The van der Waals surface area contributed by atoms with Gasteiger partial charge in [0.25, 0.3) is 0 Å². The van der Waals surface area contributed by atoms with Gasteiger partial charge in [-0.25, -0.2) is 0 Å². The van der Waals surface area contributed by atoms with Crippen molar-refractivity contribution in [1.29, 1.82) is 0 Å². The molecule has 134 valence electrons. The maximum atomic E-state index is 11.4. The first-order valence-corrected chi connectivity index (χ1v) is 7.36. The second-order valence-corrected chi connectivity index (χ2v) is 5.05. The molecule has 0 aliphatic heterocycles. The van der Waals surface area contributed by atoms with E-state index in [0.717, 1.165) is 0 Å². The first-order chi connectivity index (χ1) is 9.49. The number of hydrogen-bond acceptors (Lipinski definition) is 6. The summed E-state index contributed by atoms with van der Waals surface area (Å²) in [4.78, 5) is 26.2. The molecule has 0 aromatic heterocycles. The van der Waals surface area contributed by atoms with Crippen LogP contribution in [-0.4, -0.2) is 87.0 Å². The van der Waals surface area contributed by atoms with E-state index >= 15 is 0 Å². The summed E-state index contributed by atoms with van der Waals surface area (Å²) in [5.41, 5.74) is 0. The third-order valence-electron chi connectivity index (χ3n) is 2.34. The molecule has 6 nitrogen and oxygen atoms in total. The lowest BCUT2D eigenvalue weighted by atomic mass is 10.5. The van der Waals surface area contributed by atoms with Gasteiger partial charge in [-0.3, -0.25) is 19.4 Å². The third-order valence-corrected chi connectivity index (χ3v) is 2.68. The van der Waals surface area contributed by atoms with E-state index in [2.05, 4.69) is 0 Å². The molecule has 0 bridgehead atoms. The van der Waals surface area contributed by atoms with Gasteiger partial charge in [0.1, 0.15) is 13.2 Å². The van der Waals surface area contributed by atoms with Crippen LogP contribution in [0.15, 0.2) is 0 Å². The smallest absolute Gasteiger partial charge is 0.320 e. The Bertz CT molecular complexity index is 270. The number of halogens is 4. The highest BCUT2D eigenvalue weighted by molar-refractivity contribution is 6.18. The van der Waals surface area contributed by atoms with Crippen LogP contribution in [0, 0.1) is 0 Å². The van der Waals surface area contributed by atoms with Crippen molar-refractivity contribution in [3.8, 4) is 0 Å². The molecule has 0 N–H and O–H groups in total. The number of hydrogen-bond donors (Lipinski definition) is 0. The fourth-order valence-corrected chi connectivity index (χ4v) is 1.87. The van der Waals surface area contributed by atoms with Crippen molar-refractivity contribution in [2.24, 2.45) is 0 Å². The summed E-state index contributed by atoms with van der Waals surface area (Å²) >= 11 is 11.1. The van der Waals surface area contributed by atoms with Crippen LogP contribution in [0.4, 0.5) is 0 Å². The van der Waals surface area contributed by atoms with Crippen molar-refractivity contribution >= 4 is 60.0 Å². The maximum Gasteiger partial charge on any atom is 0.320 e. The van der Waals surface area contributed by atoms with E-state index < -0.39 is 0 Å². The summed E-state index contributed by atoms with van der Waals surface area (Å²) in [5, 5.41) is 0. The molecular weight excluding hydrogens is 378 g/mol. The number of nitrogens with zero attached hydrogens (tertiary/aromatic N) is 2. The average Bonchev–Trinajstić information content (AvgIpc) is 2.35. The van der Waals surface area contributed by atoms with Gasteiger partial charge < -0.3 is 9.47 Å². The lowest BCUT2D eigenvalue weighted by molar-refractivity contribution is -0.153. The van der Waals surface area contributed by atoms with Crippen LogP contribution >= 0.6 is 48.0 Å². The van der Waals surface area contributed by atoms with Crippen LogP contribution < -0.4 is 0 Å². The second-order valence-electron chi connectivity index (χ2n) is 4.29. The average molecular weight is 402 g/mol. The SMILES string of the molecule is CN(CCCl)CC(=O)OCCOC(=O)CN(C)CCCl.Cl.Cl. The summed E-state index contributed by atoms with van der Waals surface area (Å²) in [6.07, 6.45) is 0. The largest absolute Gasteiger partial charge is 0.461 e. The molecule has 0 aliphatic rings. The van der Waals surface area contributed by atoms with Crippen molar-refractivity contribution in [2.75, 3.05) is 65.2 Å². The highest BCUT2D eigenvalue weighted by Gasteiger charge is 2.09. The second kappa shape index (κ2) is 17.4. The van der Waals surface area contributed by atoms with E-state index in [0.29, 0.717) is 24.8 Å². The van der Waals surface area contributed by atoms with Crippen LogP contribution in [0.25, 0.3) is 0 Å². The molecule has 0 radical (unpaired) electrons. The minimum Gasteiger partial charge on any atom is -0.461 e. The third kappa shape index (κ3) is 16.4. The van der Waals surface area contributed by atoms with Crippen LogP contribution in [-0.2, 0) is 19.1 Å². The van der Waals surface area contributed by atoms with Gasteiger partial charge in [-0.2, -0.15) is 0 Å². The van der Waals surface area contributed by atoms with E-state index in [4.69, 9.17) is 32.7 Å². The predicted molar refractivity (Wildman–Crippen MR) is 92.8 cm³/mol. The molecule has 0 rings (SSSR count). The number of alkyl halides is 2. The Morgan fingerprint density at radius 2 is 1.14 bits per heavy atom. The number of esters is 2. The zero-order valence-electron chi connectivity index (χ0n) is 12.8. The maximum absolute atomic E-state index is 11.4. The summed E-state index contributed by atoms with van der Waals surface area (Å²) in [7, 11) is 3.55. The van der Waals surface area contributed by atoms with Crippen molar-refractivity contribution in [1.82, 2.24) is 9.80 Å². The van der Waals surface area contributed by atoms with Crippen molar-refractivity contribution < 1.29 is 19.1 Å². The molecule has 0 aliphatic carbocycles. The monoisotopic (exact) mass is 400 g/mol. The van der Waals surface area contributed by atoms with E-state index in [9.17, 15) is 9.59 Å². The molecule has 0 aromatic rings. The zero-order valence-corrected chi connectivity index (χ0v) is 15.9. The molecule has 22 heavy (non-hydrogen) atoms. The number of likely N-dealkylation sites (N-methyl/N-ethyl adjacent to an activating group) is 2. The van der Waals surface area contributed by atoms with Crippen LogP contribution in [0.2, 0.25) is 0 Å². The Balaban J connectivity index is -0.00000180. The molecule has 10 heteroatoms. The molecule has 0 unspecified atom stereocenters. The summed E-state index contributed by atoms with van der Waals surface area (Å²) in [6.45, 7) is 1.66. The van der Waals surface area contributed by atoms with Crippen LogP contribution in [0.5, 0.6) is 0 Å². The van der Waals surface area contributed by atoms with Gasteiger partial charge in [0.05, 0.1) is 13.1 Å². The Hall–Kier alpha value is 0.0200. The Kier molecular flexibility index (Phi) is 21.2. The van der Waals surface area contributed by atoms with Crippen molar-refractivity contribution in [3.05, 3.63) is 0 Å². The molecule has 0 fully saturated rings. The molecule has 0 aromatic carbocycles. The molecular formula is C12H24Cl4N2O4. The van der Waals surface area contributed by atoms with Gasteiger partial charge in [-0.15, -0.1) is 48.0 Å². The van der Waals surface area contributed by atoms with Gasteiger partial charge in [-0.1, -0.05) is 0 Å². The van der Waals surface area contributed by atoms with Crippen molar-refractivity contribution in [2.45, 2.75) is 0 Å². The molecule has 0 amide bonds. The van der Waals surface area contributed by atoms with Gasteiger partial charge >= 0.3 is 11.9 Å². The standard InChI is InChI=1S/C12H22Cl2N2O4.2ClH/c1-15(5-3-13)9-11(17)19-7-8-20-12(18)10-16(2)6-4-14;;/h3-10H2,1-2H3;2*1H. The highest BCUT2D eigenvalue weighted by Crippen LogP contribution is 1.90. The quantitative estimate of drug-likeness (QED) is 0.295. The van der Waals surface area contributed by atoms with Gasteiger partial charge in [-0.05, 0) is 14.1 Å². The predicted octanol–water partition coefficient (Wildman–Crippen LogP) is 1.26.